The first-order chi connectivity index (χ1) is 7.08. The lowest BCUT2D eigenvalue weighted by Gasteiger charge is -2.27. The molecule has 2 nitrogen and oxygen atoms in total. The zero-order valence-corrected chi connectivity index (χ0v) is 10.1. The first-order valence-corrected chi connectivity index (χ1v) is 5.93. The molecule has 0 saturated heterocycles. The summed E-state index contributed by atoms with van der Waals surface area (Å²) in [6.07, 6.45) is 3.90. The summed E-state index contributed by atoms with van der Waals surface area (Å²) < 4.78 is 5.31. The van der Waals surface area contributed by atoms with Crippen LogP contribution >= 0.6 is 11.6 Å². The maximum Gasteiger partial charge on any atom is 0.193 e. The fourth-order valence-corrected chi connectivity index (χ4v) is 2.54. The molecular weight excluding hydrogens is 210 g/mol. The highest BCUT2D eigenvalue weighted by atomic mass is 35.5. The second-order valence-electron chi connectivity index (χ2n) is 5.02. The van der Waals surface area contributed by atoms with Crippen LogP contribution in [0.2, 0.25) is 5.22 Å². The number of hydrogen-bond acceptors (Lipinski definition) is 2. The molecule has 0 amide bonds. The van der Waals surface area contributed by atoms with Gasteiger partial charge >= 0.3 is 0 Å². The Morgan fingerprint density at radius 3 is 2.87 bits per heavy atom. The Hall–Kier alpha value is -0.470. The average Bonchev–Trinajstić information content (AvgIpc) is 2.69. The molecule has 1 aromatic heterocycles. The number of hydrogen-bond donors (Lipinski definition) is 1. The molecule has 1 aromatic rings. The van der Waals surface area contributed by atoms with Gasteiger partial charge in [-0.25, -0.2) is 0 Å². The van der Waals surface area contributed by atoms with Gasteiger partial charge in [-0.2, -0.15) is 0 Å². The van der Waals surface area contributed by atoms with Crippen LogP contribution in [0.4, 0.5) is 0 Å². The van der Waals surface area contributed by atoms with Crippen molar-refractivity contribution in [2.24, 2.45) is 5.41 Å². The van der Waals surface area contributed by atoms with Crippen LogP contribution < -0.4 is 5.32 Å². The van der Waals surface area contributed by atoms with Gasteiger partial charge in [0, 0.05) is 6.04 Å². The topological polar surface area (TPSA) is 25.2 Å². The van der Waals surface area contributed by atoms with Crippen LogP contribution in [0.15, 0.2) is 16.5 Å². The molecule has 1 N–H and O–H groups in total. The normalized spacial score (nSPS) is 24.6. The van der Waals surface area contributed by atoms with E-state index in [-0.39, 0.29) is 0 Å². The first-order valence-electron chi connectivity index (χ1n) is 5.55. The zero-order valence-electron chi connectivity index (χ0n) is 9.35. The van der Waals surface area contributed by atoms with E-state index in [1.165, 1.54) is 19.3 Å². The van der Waals surface area contributed by atoms with E-state index < -0.39 is 0 Å². The summed E-state index contributed by atoms with van der Waals surface area (Å²) in [7, 11) is 0. The van der Waals surface area contributed by atoms with Crippen LogP contribution in [0.1, 0.15) is 38.9 Å². The van der Waals surface area contributed by atoms with E-state index in [1.54, 1.807) is 6.07 Å². The lowest BCUT2D eigenvalue weighted by atomic mass is 9.87. The molecule has 1 unspecified atom stereocenters. The Labute approximate surface area is 96.0 Å². The minimum absolute atomic E-state index is 0.413. The zero-order chi connectivity index (χ0) is 10.9. The molecule has 84 valence electrons. The summed E-state index contributed by atoms with van der Waals surface area (Å²) >= 11 is 5.72. The summed E-state index contributed by atoms with van der Waals surface area (Å²) in [5.74, 6) is 0.919. The lowest BCUT2D eigenvalue weighted by Crippen LogP contribution is -2.37. The summed E-state index contributed by atoms with van der Waals surface area (Å²) in [5.41, 5.74) is 0.413. The van der Waals surface area contributed by atoms with Crippen molar-refractivity contribution in [1.29, 1.82) is 0 Å². The van der Waals surface area contributed by atoms with Crippen molar-refractivity contribution in [2.45, 2.75) is 45.7 Å². The first kappa shape index (κ1) is 11.0. The summed E-state index contributed by atoms with van der Waals surface area (Å²) in [6.45, 7) is 5.43. The maximum atomic E-state index is 5.72. The third-order valence-corrected chi connectivity index (χ3v) is 3.61. The predicted octanol–water partition coefficient (Wildman–Crippen LogP) is 3.60. The molecular formula is C12H18ClNO. The van der Waals surface area contributed by atoms with Crippen LogP contribution in [0, 0.1) is 5.41 Å². The molecule has 2 rings (SSSR count). The van der Waals surface area contributed by atoms with E-state index >= 15 is 0 Å². The second-order valence-corrected chi connectivity index (χ2v) is 5.39. The minimum atomic E-state index is 0.413. The van der Waals surface area contributed by atoms with Crippen molar-refractivity contribution >= 4 is 11.6 Å². The quantitative estimate of drug-likeness (QED) is 0.854. The molecule has 0 aliphatic heterocycles. The van der Waals surface area contributed by atoms with Crippen LogP contribution in [0.3, 0.4) is 0 Å². The third-order valence-electron chi connectivity index (χ3n) is 3.41. The molecule has 1 aliphatic rings. The number of rotatable bonds is 3. The molecule has 1 aliphatic carbocycles. The average molecular weight is 228 g/mol. The molecule has 0 radical (unpaired) electrons. The van der Waals surface area contributed by atoms with E-state index in [9.17, 15) is 0 Å². The predicted molar refractivity (Wildman–Crippen MR) is 62.0 cm³/mol. The third kappa shape index (κ3) is 2.56. The highest BCUT2D eigenvalue weighted by molar-refractivity contribution is 6.28. The molecule has 0 bridgehead atoms. The lowest BCUT2D eigenvalue weighted by molar-refractivity contribution is 0.276. The summed E-state index contributed by atoms with van der Waals surface area (Å²) in [6, 6.07) is 4.32. The van der Waals surface area contributed by atoms with Crippen molar-refractivity contribution in [2.75, 3.05) is 0 Å². The molecule has 1 heterocycles. The van der Waals surface area contributed by atoms with Gasteiger partial charge in [0.1, 0.15) is 5.76 Å². The Morgan fingerprint density at radius 1 is 1.53 bits per heavy atom. The highest BCUT2D eigenvalue weighted by Gasteiger charge is 2.33. The monoisotopic (exact) mass is 227 g/mol. The van der Waals surface area contributed by atoms with Gasteiger partial charge in [0.15, 0.2) is 5.22 Å². The molecule has 1 saturated carbocycles. The van der Waals surface area contributed by atoms with Gasteiger partial charge in [-0.15, -0.1) is 0 Å². The maximum absolute atomic E-state index is 5.72. The van der Waals surface area contributed by atoms with Gasteiger partial charge in [0.25, 0.3) is 0 Å². The molecule has 1 atom stereocenters. The largest absolute Gasteiger partial charge is 0.448 e. The van der Waals surface area contributed by atoms with Gasteiger partial charge in [0.2, 0.25) is 0 Å². The highest BCUT2D eigenvalue weighted by Crippen LogP contribution is 2.37. The van der Waals surface area contributed by atoms with Gasteiger partial charge in [-0.05, 0) is 42.0 Å². The van der Waals surface area contributed by atoms with Crippen molar-refractivity contribution in [3.8, 4) is 0 Å². The standard InChI is InChI=1S/C12H18ClNO/c1-12(2)7-3-4-10(12)14-8-9-5-6-11(13)15-9/h5-6,10,14H,3-4,7-8H2,1-2H3. The molecule has 0 spiro atoms. The second kappa shape index (κ2) is 4.18. The van der Waals surface area contributed by atoms with E-state index in [4.69, 9.17) is 16.0 Å². The van der Waals surface area contributed by atoms with Crippen LogP contribution in [-0.4, -0.2) is 6.04 Å². The van der Waals surface area contributed by atoms with Crippen molar-refractivity contribution in [3.63, 3.8) is 0 Å². The van der Waals surface area contributed by atoms with Gasteiger partial charge in [-0.1, -0.05) is 20.3 Å². The smallest absolute Gasteiger partial charge is 0.193 e. The van der Waals surface area contributed by atoms with Gasteiger partial charge < -0.3 is 9.73 Å². The number of halogens is 1. The van der Waals surface area contributed by atoms with Gasteiger partial charge in [-0.3, -0.25) is 0 Å². The molecule has 15 heavy (non-hydrogen) atoms. The van der Waals surface area contributed by atoms with E-state index in [2.05, 4.69) is 19.2 Å². The minimum Gasteiger partial charge on any atom is -0.448 e. The Kier molecular flexibility index (Phi) is 3.08. The fraction of sp³-hybridized carbons (Fsp3) is 0.667. The summed E-state index contributed by atoms with van der Waals surface area (Å²) in [4.78, 5) is 0. The van der Waals surface area contributed by atoms with Crippen LogP contribution in [0.25, 0.3) is 0 Å². The van der Waals surface area contributed by atoms with Crippen LogP contribution in [-0.2, 0) is 6.54 Å². The number of furan rings is 1. The van der Waals surface area contributed by atoms with Crippen molar-refractivity contribution in [3.05, 3.63) is 23.1 Å². The van der Waals surface area contributed by atoms with Crippen LogP contribution in [0.5, 0.6) is 0 Å². The van der Waals surface area contributed by atoms with E-state index in [1.807, 2.05) is 6.07 Å². The summed E-state index contributed by atoms with van der Waals surface area (Å²) in [5, 5.41) is 4.02. The Morgan fingerprint density at radius 2 is 2.33 bits per heavy atom. The Bertz CT molecular complexity index is 332. The Balaban J connectivity index is 1.88. The molecule has 0 aromatic carbocycles. The fourth-order valence-electron chi connectivity index (χ4n) is 2.38. The SMILES string of the molecule is CC1(C)CCCC1NCc1ccc(Cl)o1. The molecule has 3 heteroatoms. The van der Waals surface area contributed by atoms with Crippen molar-refractivity contribution < 1.29 is 4.42 Å². The van der Waals surface area contributed by atoms with E-state index in [0.29, 0.717) is 16.7 Å². The van der Waals surface area contributed by atoms with Crippen molar-refractivity contribution in [1.82, 2.24) is 5.32 Å². The van der Waals surface area contributed by atoms with Gasteiger partial charge in [0.05, 0.1) is 6.54 Å². The van der Waals surface area contributed by atoms with E-state index in [0.717, 1.165) is 12.3 Å². The number of nitrogens with one attached hydrogen (secondary N) is 1. The molecule has 1 fully saturated rings.